The summed E-state index contributed by atoms with van der Waals surface area (Å²) in [4.78, 5) is 8.77. The van der Waals surface area contributed by atoms with Crippen LogP contribution in [-0.4, -0.2) is 16.5 Å². The van der Waals surface area contributed by atoms with Crippen molar-refractivity contribution >= 4 is 29.1 Å². The van der Waals surface area contributed by atoms with E-state index >= 15 is 0 Å². The fourth-order valence-electron chi connectivity index (χ4n) is 1.75. The van der Waals surface area contributed by atoms with Crippen molar-refractivity contribution in [1.82, 2.24) is 9.97 Å². The predicted molar refractivity (Wildman–Crippen MR) is 85.0 cm³/mol. The van der Waals surface area contributed by atoms with Gasteiger partial charge in [-0.3, -0.25) is 0 Å². The molecule has 0 saturated heterocycles. The highest BCUT2D eigenvalue weighted by Crippen LogP contribution is 2.25. The molecular formula is C15H19ClN4. The van der Waals surface area contributed by atoms with Gasteiger partial charge in [0.15, 0.2) is 0 Å². The molecule has 0 spiro atoms. The molecule has 0 aliphatic carbocycles. The van der Waals surface area contributed by atoms with Gasteiger partial charge in [0.2, 0.25) is 5.95 Å². The summed E-state index contributed by atoms with van der Waals surface area (Å²) < 4.78 is 0. The number of halogens is 1. The van der Waals surface area contributed by atoms with Gasteiger partial charge in [0.05, 0.1) is 0 Å². The van der Waals surface area contributed by atoms with Gasteiger partial charge in [-0.05, 0) is 38.0 Å². The third-order valence-corrected chi connectivity index (χ3v) is 3.19. The quantitative estimate of drug-likeness (QED) is 0.861. The van der Waals surface area contributed by atoms with Crippen LogP contribution in [0.5, 0.6) is 0 Å². The Bertz CT molecular complexity index is 598. The number of aromatic nitrogens is 2. The van der Waals surface area contributed by atoms with Gasteiger partial charge < -0.3 is 10.6 Å². The Morgan fingerprint density at radius 1 is 1.20 bits per heavy atom. The van der Waals surface area contributed by atoms with Gasteiger partial charge >= 0.3 is 0 Å². The molecule has 2 rings (SSSR count). The molecule has 4 nitrogen and oxygen atoms in total. The third kappa shape index (κ3) is 3.61. The topological polar surface area (TPSA) is 49.8 Å². The van der Waals surface area contributed by atoms with Crippen molar-refractivity contribution in [3.05, 3.63) is 40.5 Å². The van der Waals surface area contributed by atoms with Crippen molar-refractivity contribution in [1.29, 1.82) is 0 Å². The van der Waals surface area contributed by atoms with Crippen LogP contribution < -0.4 is 10.6 Å². The lowest BCUT2D eigenvalue weighted by molar-refractivity contribution is 0.950. The number of benzene rings is 1. The molecular weight excluding hydrogens is 272 g/mol. The maximum absolute atomic E-state index is 6.04. The van der Waals surface area contributed by atoms with Crippen LogP contribution in [-0.2, 0) is 0 Å². The molecule has 0 unspecified atom stereocenters. The summed E-state index contributed by atoms with van der Waals surface area (Å²) in [6.07, 6.45) is 2.85. The average molecular weight is 291 g/mol. The minimum Gasteiger partial charge on any atom is -0.354 e. The highest BCUT2D eigenvalue weighted by molar-refractivity contribution is 6.30. The largest absolute Gasteiger partial charge is 0.354 e. The Balaban J connectivity index is 2.25. The van der Waals surface area contributed by atoms with Crippen LogP contribution in [0.4, 0.5) is 17.5 Å². The Morgan fingerprint density at radius 3 is 2.75 bits per heavy atom. The van der Waals surface area contributed by atoms with Gasteiger partial charge in [0, 0.05) is 29.0 Å². The average Bonchev–Trinajstić information content (AvgIpc) is 2.43. The fourth-order valence-corrected chi connectivity index (χ4v) is 1.92. The lowest BCUT2D eigenvalue weighted by atomic mass is 10.2. The summed E-state index contributed by atoms with van der Waals surface area (Å²) in [7, 11) is 0. The number of nitrogens with zero attached hydrogens (tertiary/aromatic N) is 2. The minimum absolute atomic E-state index is 0.639. The number of nitrogens with one attached hydrogen (secondary N) is 2. The molecule has 2 aromatic rings. The summed E-state index contributed by atoms with van der Waals surface area (Å²) in [5.74, 6) is 1.43. The first-order valence-corrected chi connectivity index (χ1v) is 7.08. The fraction of sp³-hybridized carbons (Fsp3) is 0.333. The van der Waals surface area contributed by atoms with Gasteiger partial charge in [-0.1, -0.05) is 24.6 Å². The molecule has 2 N–H and O–H groups in total. The Hall–Kier alpha value is -1.81. The zero-order chi connectivity index (χ0) is 14.5. The van der Waals surface area contributed by atoms with Gasteiger partial charge in [-0.2, -0.15) is 4.98 Å². The van der Waals surface area contributed by atoms with E-state index in [1.807, 2.05) is 38.2 Å². The van der Waals surface area contributed by atoms with Crippen molar-refractivity contribution in [2.45, 2.75) is 27.2 Å². The standard InChI is InChI=1S/C15H19ClN4/c1-4-7-17-15-18-9-11(3)14(20-15)19-13-8-12(16)6-5-10(13)2/h5-6,8-9H,4,7H2,1-3H3,(H2,17,18,19,20). The van der Waals surface area contributed by atoms with Crippen LogP contribution in [0.2, 0.25) is 5.02 Å². The highest BCUT2D eigenvalue weighted by Gasteiger charge is 2.06. The van der Waals surface area contributed by atoms with Crippen LogP contribution in [0.1, 0.15) is 24.5 Å². The van der Waals surface area contributed by atoms with Crippen LogP contribution in [0, 0.1) is 13.8 Å². The molecule has 0 amide bonds. The third-order valence-electron chi connectivity index (χ3n) is 2.96. The zero-order valence-corrected chi connectivity index (χ0v) is 12.8. The minimum atomic E-state index is 0.639. The monoisotopic (exact) mass is 290 g/mol. The molecule has 0 fully saturated rings. The Labute approximate surface area is 124 Å². The van der Waals surface area contributed by atoms with Crippen molar-refractivity contribution in [3.8, 4) is 0 Å². The molecule has 1 aromatic carbocycles. The second-order valence-corrected chi connectivity index (χ2v) is 5.17. The molecule has 5 heteroatoms. The molecule has 20 heavy (non-hydrogen) atoms. The van der Waals surface area contributed by atoms with E-state index in [-0.39, 0.29) is 0 Å². The van der Waals surface area contributed by atoms with Gasteiger partial charge in [0.1, 0.15) is 5.82 Å². The molecule has 1 heterocycles. The van der Waals surface area contributed by atoms with Gasteiger partial charge in [-0.15, -0.1) is 0 Å². The molecule has 1 aromatic heterocycles. The number of rotatable bonds is 5. The molecule has 0 aliphatic rings. The maximum Gasteiger partial charge on any atom is 0.224 e. The van der Waals surface area contributed by atoms with E-state index < -0.39 is 0 Å². The van der Waals surface area contributed by atoms with Crippen LogP contribution in [0.25, 0.3) is 0 Å². The van der Waals surface area contributed by atoms with Crippen LogP contribution in [0.15, 0.2) is 24.4 Å². The van der Waals surface area contributed by atoms with Crippen molar-refractivity contribution in [3.63, 3.8) is 0 Å². The Kier molecular flexibility index (Phi) is 4.79. The summed E-state index contributed by atoms with van der Waals surface area (Å²) in [6, 6.07) is 5.76. The van der Waals surface area contributed by atoms with Crippen molar-refractivity contribution in [2.24, 2.45) is 0 Å². The molecule has 106 valence electrons. The second-order valence-electron chi connectivity index (χ2n) is 4.74. The normalized spacial score (nSPS) is 10.4. The van der Waals surface area contributed by atoms with Gasteiger partial charge in [0.25, 0.3) is 0 Å². The van der Waals surface area contributed by atoms with Gasteiger partial charge in [-0.25, -0.2) is 4.98 Å². The van der Waals surface area contributed by atoms with E-state index in [4.69, 9.17) is 11.6 Å². The lowest BCUT2D eigenvalue weighted by Crippen LogP contribution is -2.07. The zero-order valence-electron chi connectivity index (χ0n) is 12.0. The number of hydrogen-bond donors (Lipinski definition) is 2. The molecule has 0 bridgehead atoms. The van der Waals surface area contributed by atoms with E-state index in [9.17, 15) is 0 Å². The number of anilines is 3. The summed E-state index contributed by atoms with van der Waals surface area (Å²) in [5, 5.41) is 7.21. The van der Waals surface area contributed by atoms with Crippen molar-refractivity contribution < 1.29 is 0 Å². The highest BCUT2D eigenvalue weighted by atomic mass is 35.5. The number of hydrogen-bond acceptors (Lipinski definition) is 4. The predicted octanol–water partition coefficient (Wildman–Crippen LogP) is 4.31. The summed E-state index contributed by atoms with van der Waals surface area (Å²) in [5.41, 5.74) is 3.07. The molecule has 0 atom stereocenters. The lowest BCUT2D eigenvalue weighted by Gasteiger charge is -2.12. The van der Waals surface area contributed by atoms with Crippen LogP contribution >= 0.6 is 11.6 Å². The number of aryl methyl sites for hydroxylation is 2. The van der Waals surface area contributed by atoms with E-state index in [0.29, 0.717) is 11.0 Å². The van der Waals surface area contributed by atoms with E-state index in [2.05, 4.69) is 27.5 Å². The van der Waals surface area contributed by atoms with Crippen molar-refractivity contribution in [2.75, 3.05) is 17.2 Å². The molecule has 0 radical (unpaired) electrons. The SMILES string of the molecule is CCCNc1ncc(C)c(Nc2cc(Cl)ccc2C)n1. The van der Waals surface area contributed by atoms with E-state index in [1.54, 1.807) is 0 Å². The maximum atomic E-state index is 6.04. The van der Waals surface area contributed by atoms with E-state index in [1.165, 1.54) is 0 Å². The van der Waals surface area contributed by atoms with Crippen LogP contribution in [0.3, 0.4) is 0 Å². The first-order valence-electron chi connectivity index (χ1n) is 6.71. The first kappa shape index (κ1) is 14.6. The Morgan fingerprint density at radius 2 is 2.00 bits per heavy atom. The smallest absolute Gasteiger partial charge is 0.224 e. The molecule has 0 saturated carbocycles. The first-order chi connectivity index (χ1) is 9.60. The second kappa shape index (κ2) is 6.57. The summed E-state index contributed by atoms with van der Waals surface area (Å²) in [6.45, 7) is 6.98. The summed E-state index contributed by atoms with van der Waals surface area (Å²) >= 11 is 6.04. The van der Waals surface area contributed by atoms with E-state index in [0.717, 1.165) is 35.6 Å². The molecule has 0 aliphatic heterocycles.